The molecule has 0 spiro atoms. The number of rotatable bonds is 3. The van der Waals surface area contributed by atoms with Crippen LogP contribution in [-0.4, -0.2) is 16.9 Å². The predicted octanol–water partition coefficient (Wildman–Crippen LogP) is 1.07. The molecule has 0 aromatic carbocycles. The van der Waals surface area contributed by atoms with E-state index in [2.05, 4.69) is 26.2 Å². The first kappa shape index (κ1) is 7.97. The van der Waals surface area contributed by atoms with Crippen LogP contribution in [0.3, 0.4) is 0 Å². The second-order valence-corrected chi connectivity index (χ2v) is 16.0. The smallest absolute Gasteiger partial charge is 0.204 e. The normalized spacial score (nSPS) is 12.4. The third-order valence-corrected chi connectivity index (χ3v) is 5.00. The second kappa shape index (κ2) is 3.09. The van der Waals surface area contributed by atoms with Gasteiger partial charge >= 0.3 is 0 Å². The standard InChI is InChI=1S/C5H14OSi2/c1-5-6-7-8(2,3)4/h5H,1,7H2,2-4H3. The van der Waals surface area contributed by atoms with Gasteiger partial charge in [0.2, 0.25) is 9.28 Å². The molecule has 8 heavy (non-hydrogen) atoms. The van der Waals surface area contributed by atoms with Gasteiger partial charge < -0.3 is 4.43 Å². The molecular formula is C5H14OSi2. The summed E-state index contributed by atoms with van der Waals surface area (Å²) in [6.07, 6.45) is 1.57. The molecule has 0 fully saturated rings. The van der Waals surface area contributed by atoms with Crippen LogP contribution in [0.15, 0.2) is 12.8 Å². The molecule has 0 aromatic heterocycles. The first-order chi connectivity index (χ1) is 3.56. The summed E-state index contributed by atoms with van der Waals surface area (Å²) in [5.74, 6) is 0. The molecule has 0 aliphatic rings. The molecule has 0 bridgehead atoms. The van der Waals surface area contributed by atoms with Gasteiger partial charge in [0.25, 0.3) is 0 Å². The topological polar surface area (TPSA) is 9.23 Å². The molecule has 0 rings (SSSR count). The minimum atomic E-state index is -0.833. The maximum absolute atomic E-state index is 5.16. The third-order valence-electron chi connectivity index (χ3n) is 0.634. The van der Waals surface area contributed by atoms with Crippen LogP contribution < -0.4 is 0 Å². The maximum atomic E-state index is 5.16. The van der Waals surface area contributed by atoms with E-state index in [4.69, 9.17) is 4.43 Å². The average Bonchev–Trinajstić information content (AvgIpc) is 1.59. The number of hydrogen-bond donors (Lipinski definition) is 0. The van der Waals surface area contributed by atoms with Gasteiger partial charge in [-0.1, -0.05) is 26.2 Å². The van der Waals surface area contributed by atoms with Crippen molar-refractivity contribution >= 4 is 16.9 Å². The van der Waals surface area contributed by atoms with Gasteiger partial charge in [-0.15, -0.1) is 0 Å². The van der Waals surface area contributed by atoms with Gasteiger partial charge in [-0.3, -0.25) is 0 Å². The van der Waals surface area contributed by atoms with Crippen LogP contribution >= 0.6 is 0 Å². The highest BCUT2D eigenvalue weighted by atomic mass is 29.2. The van der Waals surface area contributed by atoms with E-state index in [0.29, 0.717) is 0 Å². The van der Waals surface area contributed by atoms with Crippen LogP contribution in [-0.2, 0) is 4.43 Å². The monoisotopic (exact) mass is 146 g/mol. The highest BCUT2D eigenvalue weighted by Crippen LogP contribution is 1.96. The lowest BCUT2D eigenvalue weighted by Crippen LogP contribution is -2.30. The fourth-order valence-corrected chi connectivity index (χ4v) is 2.78. The molecule has 1 nitrogen and oxygen atoms in total. The minimum absolute atomic E-state index is 0.230. The lowest BCUT2D eigenvalue weighted by Gasteiger charge is -2.12. The molecule has 0 atom stereocenters. The predicted molar refractivity (Wildman–Crippen MR) is 43.2 cm³/mol. The Morgan fingerprint density at radius 3 is 2.12 bits per heavy atom. The first-order valence-electron chi connectivity index (χ1n) is 2.79. The fraction of sp³-hybridized carbons (Fsp3) is 0.600. The molecule has 48 valence electrons. The number of hydrogen-bond acceptors (Lipinski definition) is 1. The van der Waals surface area contributed by atoms with Crippen molar-refractivity contribution in [2.45, 2.75) is 19.6 Å². The van der Waals surface area contributed by atoms with E-state index in [-0.39, 0.29) is 9.28 Å². The van der Waals surface area contributed by atoms with Crippen LogP contribution in [0, 0.1) is 0 Å². The molecule has 0 aliphatic carbocycles. The summed E-state index contributed by atoms with van der Waals surface area (Å²) >= 11 is 0. The molecule has 0 heterocycles. The molecule has 0 saturated heterocycles. The van der Waals surface area contributed by atoms with Gasteiger partial charge in [0.15, 0.2) is 0 Å². The van der Waals surface area contributed by atoms with Gasteiger partial charge in [-0.25, -0.2) is 0 Å². The van der Waals surface area contributed by atoms with E-state index in [1.807, 2.05) is 0 Å². The molecule has 0 aromatic rings. The highest BCUT2D eigenvalue weighted by Gasteiger charge is 2.13. The summed E-state index contributed by atoms with van der Waals surface area (Å²) in [7, 11) is -1.06. The van der Waals surface area contributed by atoms with E-state index < -0.39 is 7.59 Å². The van der Waals surface area contributed by atoms with E-state index >= 15 is 0 Å². The molecule has 3 heteroatoms. The quantitative estimate of drug-likeness (QED) is 0.427. The van der Waals surface area contributed by atoms with Crippen LogP contribution in [0.4, 0.5) is 0 Å². The Morgan fingerprint density at radius 2 is 2.00 bits per heavy atom. The summed E-state index contributed by atoms with van der Waals surface area (Å²) in [5.41, 5.74) is 0. The Balaban J connectivity index is 3.24. The zero-order chi connectivity index (χ0) is 6.62. The molecule has 0 saturated carbocycles. The van der Waals surface area contributed by atoms with Crippen molar-refractivity contribution in [1.82, 2.24) is 0 Å². The minimum Gasteiger partial charge on any atom is -0.558 e. The first-order valence-corrected chi connectivity index (χ1v) is 9.19. The third kappa shape index (κ3) is 5.97. The lowest BCUT2D eigenvalue weighted by atomic mass is 11.2. The molecule has 0 radical (unpaired) electrons. The van der Waals surface area contributed by atoms with Crippen LogP contribution in [0.5, 0.6) is 0 Å². The molecule has 0 N–H and O–H groups in total. The van der Waals surface area contributed by atoms with Gasteiger partial charge in [0, 0.05) is 0 Å². The summed E-state index contributed by atoms with van der Waals surface area (Å²) in [5, 5.41) is 0. The summed E-state index contributed by atoms with van der Waals surface area (Å²) in [4.78, 5) is 0. The van der Waals surface area contributed by atoms with E-state index in [0.717, 1.165) is 0 Å². The molecular weight excluding hydrogens is 132 g/mol. The average molecular weight is 146 g/mol. The van der Waals surface area contributed by atoms with Crippen LogP contribution in [0.1, 0.15) is 0 Å². The summed E-state index contributed by atoms with van der Waals surface area (Å²) in [6.45, 7) is 10.5. The molecule has 0 aliphatic heterocycles. The Labute approximate surface area is 54.5 Å². The van der Waals surface area contributed by atoms with Crippen molar-refractivity contribution in [3.63, 3.8) is 0 Å². The van der Waals surface area contributed by atoms with Gasteiger partial charge in [0.05, 0.1) is 13.9 Å². The van der Waals surface area contributed by atoms with E-state index in [9.17, 15) is 0 Å². The van der Waals surface area contributed by atoms with Gasteiger partial charge in [-0.05, 0) is 0 Å². The van der Waals surface area contributed by atoms with Crippen molar-refractivity contribution in [2.75, 3.05) is 0 Å². The van der Waals surface area contributed by atoms with E-state index in [1.54, 1.807) is 6.26 Å². The lowest BCUT2D eigenvalue weighted by molar-refractivity contribution is 0.529. The van der Waals surface area contributed by atoms with Gasteiger partial charge in [-0.2, -0.15) is 0 Å². The zero-order valence-corrected chi connectivity index (χ0v) is 8.31. The molecule has 0 unspecified atom stereocenters. The Hall–Kier alpha value is -0.0262. The second-order valence-electron chi connectivity index (χ2n) is 3.04. The Bertz CT molecular complexity index is 75.0. The van der Waals surface area contributed by atoms with Crippen LogP contribution in [0.2, 0.25) is 19.6 Å². The van der Waals surface area contributed by atoms with Crippen molar-refractivity contribution in [2.24, 2.45) is 0 Å². The van der Waals surface area contributed by atoms with Crippen molar-refractivity contribution in [1.29, 1.82) is 0 Å². The largest absolute Gasteiger partial charge is 0.558 e. The Kier molecular flexibility index (Phi) is 3.08. The van der Waals surface area contributed by atoms with Crippen molar-refractivity contribution in [3.05, 3.63) is 12.8 Å². The zero-order valence-electron chi connectivity index (χ0n) is 5.90. The van der Waals surface area contributed by atoms with Crippen molar-refractivity contribution < 1.29 is 4.43 Å². The van der Waals surface area contributed by atoms with Gasteiger partial charge in [0.1, 0.15) is 0 Å². The summed E-state index contributed by atoms with van der Waals surface area (Å²) < 4.78 is 5.16. The molecule has 0 amide bonds. The SMILES string of the molecule is C=CO[SiH2][Si](C)(C)C. The maximum Gasteiger partial charge on any atom is 0.204 e. The Morgan fingerprint density at radius 1 is 1.50 bits per heavy atom. The summed E-state index contributed by atoms with van der Waals surface area (Å²) in [6, 6.07) is 0. The van der Waals surface area contributed by atoms with E-state index in [1.165, 1.54) is 0 Å². The van der Waals surface area contributed by atoms with Crippen LogP contribution in [0.25, 0.3) is 0 Å². The van der Waals surface area contributed by atoms with Crippen molar-refractivity contribution in [3.8, 4) is 0 Å². The fourth-order valence-electron chi connectivity index (χ4n) is 0.309. The highest BCUT2D eigenvalue weighted by molar-refractivity contribution is 7.20.